The van der Waals surface area contributed by atoms with Crippen LogP contribution in [0.25, 0.3) is 0 Å². The van der Waals surface area contributed by atoms with Crippen LogP contribution in [-0.4, -0.2) is 73.5 Å². The Hall–Kier alpha value is -1.67. The highest BCUT2D eigenvalue weighted by atomic mass is 16.5. The first-order valence-electron chi connectivity index (χ1n) is 18.8. The van der Waals surface area contributed by atoms with Crippen LogP contribution in [0.2, 0.25) is 0 Å². The van der Waals surface area contributed by atoms with Gasteiger partial charge in [-0.15, -0.1) is 0 Å². The average Bonchev–Trinajstić information content (AvgIpc) is 3.02. The molecule has 0 saturated carbocycles. The van der Waals surface area contributed by atoms with Gasteiger partial charge in [-0.1, -0.05) is 91.4 Å². The van der Waals surface area contributed by atoms with Crippen LogP contribution in [0.15, 0.2) is 0 Å². The zero-order valence-corrected chi connectivity index (χ0v) is 29.6. The van der Waals surface area contributed by atoms with Crippen LogP contribution in [0.1, 0.15) is 175 Å². The van der Waals surface area contributed by atoms with E-state index in [4.69, 9.17) is 14.2 Å². The number of aliphatic hydroxyl groups is 1. The van der Waals surface area contributed by atoms with Gasteiger partial charge in [-0.2, -0.15) is 0 Å². The molecule has 1 unspecified atom stereocenters. The second kappa shape index (κ2) is 33.7. The molecule has 0 heterocycles. The maximum Gasteiger partial charge on any atom is 0.306 e. The number of aliphatic hydroxyl groups excluding tert-OH is 1. The van der Waals surface area contributed by atoms with Crippen LogP contribution < -0.4 is 0 Å². The normalized spacial score (nSPS) is 11.9. The Labute approximate surface area is 276 Å². The lowest BCUT2D eigenvalue weighted by Gasteiger charge is -2.21. The van der Waals surface area contributed by atoms with Crippen molar-refractivity contribution < 1.29 is 33.7 Å². The summed E-state index contributed by atoms with van der Waals surface area (Å²) in [6.07, 6.45) is 23.1. The molecule has 8 nitrogen and oxygen atoms in total. The van der Waals surface area contributed by atoms with Gasteiger partial charge in [0.25, 0.3) is 0 Å². The van der Waals surface area contributed by atoms with E-state index >= 15 is 0 Å². The fourth-order valence-corrected chi connectivity index (χ4v) is 5.40. The largest absolute Gasteiger partial charge is 0.466 e. The lowest BCUT2D eigenvalue weighted by atomic mass is 10.0. The number of nitrogens with zero attached hydrogens (tertiary/aromatic N) is 1. The molecule has 0 saturated heterocycles. The molecule has 8 heteroatoms. The van der Waals surface area contributed by atoms with Crippen molar-refractivity contribution in [1.29, 1.82) is 0 Å². The van der Waals surface area contributed by atoms with Crippen LogP contribution in [0.3, 0.4) is 0 Å². The molecule has 0 amide bonds. The molecular formula is C37H71NO7. The van der Waals surface area contributed by atoms with Crippen molar-refractivity contribution in [2.75, 3.05) is 39.5 Å². The van der Waals surface area contributed by atoms with E-state index in [0.717, 1.165) is 109 Å². The monoisotopic (exact) mass is 642 g/mol. The summed E-state index contributed by atoms with van der Waals surface area (Å²) in [4.78, 5) is 38.4. The number of hydrogen-bond acceptors (Lipinski definition) is 8. The Kier molecular flexibility index (Phi) is 32.4. The highest BCUT2D eigenvalue weighted by molar-refractivity contribution is 5.72. The van der Waals surface area contributed by atoms with Gasteiger partial charge in [-0.05, 0) is 77.3 Å². The third-order valence-electron chi connectivity index (χ3n) is 8.23. The second-order valence-electron chi connectivity index (χ2n) is 12.6. The summed E-state index contributed by atoms with van der Waals surface area (Å²) >= 11 is 0. The predicted molar refractivity (Wildman–Crippen MR) is 183 cm³/mol. The van der Waals surface area contributed by atoms with Crippen LogP contribution in [0, 0.1) is 0 Å². The van der Waals surface area contributed by atoms with Crippen molar-refractivity contribution >= 4 is 17.9 Å². The smallest absolute Gasteiger partial charge is 0.306 e. The minimum atomic E-state index is -0.263. The number of esters is 3. The number of ether oxygens (including phenoxy) is 3. The first-order valence-corrected chi connectivity index (χ1v) is 18.8. The third kappa shape index (κ3) is 30.7. The van der Waals surface area contributed by atoms with Crippen molar-refractivity contribution in [3.63, 3.8) is 0 Å². The SMILES string of the molecule is CCCCCCOC(=O)CCCC(=O)OCCCCN(CCO)CCCCCCCC(=O)OC(CCCCC)CCCCCC. The summed E-state index contributed by atoms with van der Waals surface area (Å²) in [5.74, 6) is -0.529. The Morgan fingerprint density at radius 2 is 0.956 bits per heavy atom. The summed E-state index contributed by atoms with van der Waals surface area (Å²) in [6.45, 7) is 10.0. The van der Waals surface area contributed by atoms with Crippen LogP contribution >= 0.6 is 0 Å². The molecule has 0 aromatic heterocycles. The molecule has 0 aromatic carbocycles. The standard InChI is InChI=1S/C37H71NO7/c1-4-7-10-16-24-34(23-15-9-6-3)45-37(42)25-17-13-12-14-18-28-38(30-31-39)29-19-21-33-44-36(41)27-22-26-35(40)43-32-20-11-8-5-2/h34,39H,4-33H2,1-3H3. The van der Waals surface area contributed by atoms with Crippen LogP contribution in [0.4, 0.5) is 0 Å². The number of carbonyl (C=O) groups excluding carboxylic acids is 3. The van der Waals surface area contributed by atoms with Crippen molar-refractivity contribution in [3.8, 4) is 0 Å². The maximum absolute atomic E-state index is 12.4. The predicted octanol–water partition coefficient (Wildman–Crippen LogP) is 8.70. The number of hydrogen-bond donors (Lipinski definition) is 1. The van der Waals surface area contributed by atoms with Gasteiger partial charge in [-0.3, -0.25) is 14.4 Å². The molecule has 0 rings (SSSR count). The van der Waals surface area contributed by atoms with Crippen molar-refractivity contribution in [2.24, 2.45) is 0 Å². The summed E-state index contributed by atoms with van der Waals surface area (Å²) in [7, 11) is 0. The van der Waals surface area contributed by atoms with E-state index in [-0.39, 0.29) is 43.5 Å². The van der Waals surface area contributed by atoms with Gasteiger partial charge < -0.3 is 24.2 Å². The van der Waals surface area contributed by atoms with E-state index in [1.165, 1.54) is 32.1 Å². The second-order valence-corrected chi connectivity index (χ2v) is 12.6. The van der Waals surface area contributed by atoms with Gasteiger partial charge in [0.2, 0.25) is 0 Å². The molecule has 0 aliphatic carbocycles. The van der Waals surface area contributed by atoms with Crippen molar-refractivity contribution in [2.45, 2.75) is 181 Å². The lowest BCUT2D eigenvalue weighted by molar-refractivity contribution is -0.150. The van der Waals surface area contributed by atoms with Gasteiger partial charge in [0, 0.05) is 25.8 Å². The van der Waals surface area contributed by atoms with Gasteiger partial charge in [-0.25, -0.2) is 0 Å². The number of rotatable bonds is 34. The minimum Gasteiger partial charge on any atom is -0.466 e. The zero-order valence-electron chi connectivity index (χ0n) is 29.6. The Balaban J connectivity index is 3.90. The molecule has 0 bridgehead atoms. The molecule has 0 aliphatic rings. The molecule has 0 aliphatic heterocycles. The molecular weight excluding hydrogens is 570 g/mol. The highest BCUT2D eigenvalue weighted by Crippen LogP contribution is 2.17. The first-order chi connectivity index (χ1) is 22.0. The molecule has 266 valence electrons. The van der Waals surface area contributed by atoms with Gasteiger partial charge in [0.05, 0.1) is 19.8 Å². The van der Waals surface area contributed by atoms with E-state index in [1.807, 2.05) is 0 Å². The summed E-state index contributed by atoms with van der Waals surface area (Å²) in [5.41, 5.74) is 0. The molecule has 0 radical (unpaired) electrons. The summed E-state index contributed by atoms with van der Waals surface area (Å²) < 4.78 is 16.4. The highest BCUT2D eigenvalue weighted by Gasteiger charge is 2.14. The van der Waals surface area contributed by atoms with E-state index in [9.17, 15) is 19.5 Å². The fourth-order valence-electron chi connectivity index (χ4n) is 5.40. The van der Waals surface area contributed by atoms with E-state index in [1.54, 1.807) is 0 Å². The molecule has 1 atom stereocenters. The molecule has 45 heavy (non-hydrogen) atoms. The minimum absolute atomic E-state index is 0.0278. The number of carbonyl (C=O) groups is 3. The van der Waals surface area contributed by atoms with Crippen molar-refractivity contribution in [1.82, 2.24) is 4.90 Å². The molecule has 0 aromatic rings. The molecule has 1 N–H and O–H groups in total. The van der Waals surface area contributed by atoms with E-state index < -0.39 is 0 Å². The first kappa shape index (κ1) is 43.3. The zero-order chi connectivity index (χ0) is 33.2. The maximum atomic E-state index is 12.4. The van der Waals surface area contributed by atoms with Crippen LogP contribution in [0.5, 0.6) is 0 Å². The lowest BCUT2D eigenvalue weighted by Crippen LogP contribution is -2.29. The van der Waals surface area contributed by atoms with E-state index in [0.29, 0.717) is 32.6 Å². The number of unbranched alkanes of at least 4 members (excludes halogenated alkanes) is 13. The molecule has 0 spiro atoms. The summed E-state index contributed by atoms with van der Waals surface area (Å²) in [6, 6.07) is 0. The average molecular weight is 642 g/mol. The Bertz CT molecular complexity index is 688. The molecule has 0 fully saturated rings. The Morgan fingerprint density at radius 1 is 0.511 bits per heavy atom. The summed E-state index contributed by atoms with van der Waals surface area (Å²) in [5, 5.41) is 9.45. The Morgan fingerprint density at radius 3 is 1.56 bits per heavy atom. The third-order valence-corrected chi connectivity index (χ3v) is 8.23. The van der Waals surface area contributed by atoms with Crippen molar-refractivity contribution in [3.05, 3.63) is 0 Å². The van der Waals surface area contributed by atoms with Gasteiger partial charge in [0.15, 0.2) is 0 Å². The van der Waals surface area contributed by atoms with Gasteiger partial charge in [0.1, 0.15) is 6.10 Å². The van der Waals surface area contributed by atoms with Gasteiger partial charge >= 0.3 is 17.9 Å². The topological polar surface area (TPSA) is 102 Å². The fraction of sp³-hybridized carbons (Fsp3) is 0.919. The quantitative estimate of drug-likeness (QED) is 0.0423. The van der Waals surface area contributed by atoms with Crippen LogP contribution in [-0.2, 0) is 28.6 Å². The van der Waals surface area contributed by atoms with E-state index in [2.05, 4.69) is 25.7 Å².